The average Bonchev–Trinajstić information content (AvgIpc) is 2.92. The van der Waals surface area contributed by atoms with Gasteiger partial charge in [-0.2, -0.15) is 0 Å². The minimum atomic E-state index is -3.09. The van der Waals surface area contributed by atoms with Gasteiger partial charge in [0.15, 0.2) is 9.84 Å². The van der Waals surface area contributed by atoms with Crippen LogP contribution in [0, 0.1) is 0 Å². The first-order valence-electron chi connectivity index (χ1n) is 6.31. The van der Waals surface area contributed by atoms with E-state index in [1.165, 1.54) is 0 Å². The monoisotopic (exact) mass is 268 g/mol. The summed E-state index contributed by atoms with van der Waals surface area (Å²) in [5, 5.41) is 3.33. The third-order valence-electron chi connectivity index (χ3n) is 3.57. The van der Waals surface area contributed by atoms with Gasteiger partial charge in [0.2, 0.25) is 0 Å². The maximum absolute atomic E-state index is 11.7. The summed E-state index contributed by atoms with van der Waals surface area (Å²) in [5.41, 5.74) is 1.07. The Morgan fingerprint density at radius 3 is 2.50 bits per heavy atom. The summed E-state index contributed by atoms with van der Waals surface area (Å²) in [6.45, 7) is 3.71. The van der Waals surface area contributed by atoms with Crippen LogP contribution < -0.4 is 10.2 Å². The number of hydrogen-bond acceptors (Lipinski definition) is 4. The van der Waals surface area contributed by atoms with E-state index >= 15 is 0 Å². The van der Waals surface area contributed by atoms with E-state index in [0.29, 0.717) is 10.9 Å². The second-order valence-electron chi connectivity index (χ2n) is 4.65. The number of nitrogens with one attached hydrogen (secondary N) is 1. The fourth-order valence-electron chi connectivity index (χ4n) is 2.24. The molecule has 0 radical (unpaired) electrons. The Bertz CT molecular complexity index is 490. The van der Waals surface area contributed by atoms with Crippen LogP contribution in [0.5, 0.6) is 0 Å². The topological polar surface area (TPSA) is 49.4 Å². The summed E-state index contributed by atoms with van der Waals surface area (Å²) < 4.78 is 23.4. The van der Waals surface area contributed by atoms with Gasteiger partial charge in [0.1, 0.15) is 0 Å². The molecule has 0 spiro atoms. The molecule has 4 nitrogen and oxygen atoms in total. The number of hydrogen-bond donors (Lipinski definition) is 1. The molecule has 0 aliphatic carbocycles. The van der Waals surface area contributed by atoms with Crippen molar-refractivity contribution in [3.63, 3.8) is 0 Å². The second kappa shape index (κ2) is 5.28. The van der Waals surface area contributed by atoms with E-state index in [4.69, 9.17) is 0 Å². The lowest BCUT2D eigenvalue weighted by molar-refractivity contribution is 0.597. The first kappa shape index (κ1) is 13.4. The highest BCUT2D eigenvalue weighted by Crippen LogP contribution is 2.21. The van der Waals surface area contributed by atoms with Crippen LogP contribution in [-0.2, 0) is 9.84 Å². The molecule has 18 heavy (non-hydrogen) atoms. The normalized spacial score (nSPS) is 20.0. The zero-order valence-corrected chi connectivity index (χ0v) is 11.7. The molecule has 0 amide bonds. The van der Waals surface area contributed by atoms with Gasteiger partial charge in [-0.3, -0.25) is 0 Å². The van der Waals surface area contributed by atoms with Gasteiger partial charge >= 0.3 is 0 Å². The highest BCUT2D eigenvalue weighted by molar-refractivity contribution is 7.91. The van der Waals surface area contributed by atoms with Crippen LogP contribution in [-0.4, -0.2) is 40.3 Å². The van der Waals surface area contributed by atoms with Gasteiger partial charge in [-0.25, -0.2) is 8.42 Å². The number of anilines is 1. The van der Waals surface area contributed by atoms with Crippen molar-refractivity contribution >= 4 is 15.5 Å². The number of sulfone groups is 1. The van der Waals surface area contributed by atoms with Crippen molar-refractivity contribution in [2.75, 3.05) is 30.8 Å². The van der Waals surface area contributed by atoms with Crippen molar-refractivity contribution in [3.05, 3.63) is 24.3 Å². The molecule has 0 saturated carbocycles. The minimum absolute atomic E-state index is 0.148. The van der Waals surface area contributed by atoms with Crippen LogP contribution in [0.2, 0.25) is 0 Å². The van der Waals surface area contributed by atoms with Crippen LogP contribution in [0.3, 0.4) is 0 Å². The molecule has 0 aromatic heterocycles. The molecule has 2 rings (SSSR count). The van der Waals surface area contributed by atoms with Crippen LogP contribution in [0.15, 0.2) is 29.2 Å². The van der Waals surface area contributed by atoms with Gasteiger partial charge in [-0.05, 0) is 37.2 Å². The fraction of sp³-hybridized carbons (Fsp3) is 0.538. The van der Waals surface area contributed by atoms with Crippen molar-refractivity contribution in [1.82, 2.24) is 5.32 Å². The fourth-order valence-corrected chi connectivity index (χ4v) is 3.12. The zero-order valence-electron chi connectivity index (χ0n) is 10.9. The molecule has 1 aliphatic rings. The molecule has 1 saturated heterocycles. The van der Waals surface area contributed by atoms with Crippen LogP contribution in [0.1, 0.15) is 13.3 Å². The van der Waals surface area contributed by atoms with Crippen molar-refractivity contribution in [2.45, 2.75) is 24.3 Å². The van der Waals surface area contributed by atoms with Crippen LogP contribution in [0.4, 0.5) is 5.69 Å². The summed E-state index contributed by atoms with van der Waals surface area (Å²) in [6, 6.07) is 7.68. The summed E-state index contributed by atoms with van der Waals surface area (Å²) >= 11 is 0. The number of rotatable bonds is 4. The number of likely N-dealkylation sites (N-methyl/N-ethyl adjacent to an activating group) is 1. The third kappa shape index (κ3) is 2.67. The molecule has 1 aliphatic heterocycles. The molecular formula is C13H20N2O2S. The molecule has 1 heterocycles. The van der Waals surface area contributed by atoms with E-state index in [-0.39, 0.29) is 5.75 Å². The molecule has 1 aromatic rings. The number of benzene rings is 1. The summed E-state index contributed by atoms with van der Waals surface area (Å²) in [5.74, 6) is 0.148. The molecule has 0 bridgehead atoms. The second-order valence-corrected chi connectivity index (χ2v) is 6.93. The van der Waals surface area contributed by atoms with Gasteiger partial charge in [0.05, 0.1) is 10.6 Å². The van der Waals surface area contributed by atoms with E-state index in [0.717, 1.165) is 25.2 Å². The maximum atomic E-state index is 11.7. The van der Waals surface area contributed by atoms with E-state index < -0.39 is 9.84 Å². The molecule has 1 aromatic carbocycles. The van der Waals surface area contributed by atoms with Crippen molar-refractivity contribution < 1.29 is 8.42 Å². The largest absolute Gasteiger partial charge is 0.370 e. The minimum Gasteiger partial charge on any atom is -0.370 e. The standard InChI is InChI=1S/C13H20N2O2S/c1-3-18(16,17)13-6-4-11(5-7-13)15(2)12-8-9-14-10-12/h4-7,12,14H,3,8-10H2,1-2H3. The van der Waals surface area contributed by atoms with Crippen LogP contribution >= 0.6 is 0 Å². The Kier molecular flexibility index (Phi) is 3.92. The lowest BCUT2D eigenvalue weighted by Crippen LogP contribution is -2.33. The highest BCUT2D eigenvalue weighted by Gasteiger charge is 2.20. The van der Waals surface area contributed by atoms with Gasteiger partial charge < -0.3 is 10.2 Å². The predicted molar refractivity (Wildman–Crippen MR) is 73.8 cm³/mol. The summed E-state index contributed by atoms with van der Waals surface area (Å²) in [6.07, 6.45) is 1.13. The molecule has 1 fully saturated rings. The van der Waals surface area contributed by atoms with E-state index in [1.54, 1.807) is 19.1 Å². The van der Waals surface area contributed by atoms with Gasteiger partial charge in [0.25, 0.3) is 0 Å². The predicted octanol–water partition coefficient (Wildman–Crippen LogP) is 1.28. The Morgan fingerprint density at radius 1 is 1.33 bits per heavy atom. The smallest absolute Gasteiger partial charge is 0.178 e. The molecule has 1 atom stereocenters. The molecular weight excluding hydrogens is 248 g/mol. The van der Waals surface area contributed by atoms with Crippen molar-refractivity contribution in [2.24, 2.45) is 0 Å². The maximum Gasteiger partial charge on any atom is 0.178 e. The third-order valence-corrected chi connectivity index (χ3v) is 5.32. The molecule has 1 N–H and O–H groups in total. The first-order chi connectivity index (χ1) is 8.54. The Labute approximate surface area is 109 Å². The van der Waals surface area contributed by atoms with Crippen molar-refractivity contribution in [3.8, 4) is 0 Å². The Balaban J connectivity index is 2.17. The van der Waals surface area contributed by atoms with Gasteiger partial charge in [-0.1, -0.05) is 6.92 Å². The quantitative estimate of drug-likeness (QED) is 0.893. The molecule has 1 unspecified atom stereocenters. The van der Waals surface area contributed by atoms with E-state index in [9.17, 15) is 8.42 Å². The molecule has 100 valence electrons. The zero-order chi connectivity index (χ0) is 13.2. The van der Waals surface area contributed by atoms with Crippen molar-refractivity contribution in [1.29, 1.82) is 0 Å². The summed E-state index contributed by atoms with van der Waals surface area (Å²) in [4.78, 5) is 2.62. The lowest BCUT2D eigenvalue weighted by Gasteiger charge is -2.26. The summed E-state index contributed by atoms with van der Waals surface area (Å²) in [7, 11) is -1.03. The lowest BCUT2D eigenvalue weighted by atomic mass is 10.2. The average molecular weight is 268 g/mol. The Hall–Kier alpha value is -1.07. The van der Waals surface area contributed by atoms with Gasteiger partial charge in [0, 0.05) is 25.3 Å². The first-order valence-corrected chi connectivity index (χ1v) is 7.96. The SMILES string of the molecule is CCS(=O)(=O)c1ccc(N(C)C2CCNC2)cc1. The highest BCUT2D eigenvalue weighted by atomic mass is 32.2. The number of nitrogens with zero attached hydrogens (tertiary/aromatic N) is 1. The van der Waals surface area contributed by atoms with Gasteiger partial charge in [-0.15, -0.1) is 0 Å². The Morgan fingerprint density at radius 2 is 2.00 bits per heavy atom. The van der Waals surface area contributed by atoms with E-state index in [2.05, 4.69) is 17.3 Å². The molecule has 5 heteroatoms. The van der Waals surface area contributed by atoms with Crippen LogP contribution in [0.25, 0.3) is 0 Å². The van der Waals surface area contributed by atoms with E-state index in [1.807, 2.05) is 12.1 Å².